The van der Waals surface area contributed by atoms with Crippen molar-refractivity contribution in [1.29, 1.82) is 0 Å². The second kappa shape index (κ2) is 7.52. The van der Waals surface area contributed by atoms with Crippen molar-refractivity contribution in [2.24, 2.45) is 0 Å². The maximum absolute atomic E-state index is 13.6. The van der Waals surface area contributed by atoms with E-state index >= 15 is 0 Å². The lowest BCUT2D eigenvalue weighted by atomic mass is 10.0. The minimum Gasteiger partial charge on any atom is -0.369 e. The summed E-state index contributed by atoms with van der Waals surface area (Å²) >= 11 is 0. The van der Waals surface area contributed by atoms with Gasteiger partial charge in [-0.3, -0.25) is 9.59 Å². The first-order valence-corrected chi connectivity index (χ1v) is 9.06. The van der Waals surface area contributed by atoms with E-state index in [0.29, 0.717) is 39.3 Å². The van der Waals surface area contributed by atoms with Crippen molar-refractivity contribution in [3.05, 3.63) is 58.4 Å². The Labute approximate surface area is 169 Å². The molecule has 0 saturated heterocycles. The van der Waals surface area contributed by atoms with Crippen molar-refractivity contribution >= 4 is 29.2 Å². The molecule has 1 aromatic carbocycles. The molecule has 0 radical (unpaired) electrons. The zero-order valence-corrected chi connectivity index (χ0v) is 16.1. The Balaban J connectivity index is 1.58. The number of carbonyl (C=O) groups excluding carboxylic acids is 2. The number of fused-ring (bicyclic) bond motifs is 1. The molecule has 10 nitrogen and oxygen atoms in total. The molecule has 0 spiro atoms. The van der Waals surface area contributed by atoms with Gasteiger partial charge in [0.1, 0.15) is 5.82 Å². The van der Waals surface area contributed by atoms with Crippen LogP contribution in [-0.2, 0) is 4.79 Å². The predicted molar refractivity (Wildman–Crippen MR) is 105 cm³/mol. The zero-order chi connectivity index (χ0) is 21.4. The van der Waals surface area contributed by atoms with E-state index in [4.69, 9.17) is 0 Å². The average Bonchev–Trinajstić information content (AvgIpc) is 3.40. The van der Waals surface area contributed by atoms with Crippen molar-refractivity contribution in [2.45, 2.75) is 20.1 Å². The molecule has 1 aliphatic heterocycles. The molecule has 0 aliphatic carbocycles. The maximum atomic E-state index is 13.6. The highest BCUT2D eigenvalue weighted by Crippen LogP contribution is 2.34. The fourth-order valence-corrected chi connectivity index (χ4v) is 3.37. The number of H-pyrrole nitrogens is 1. The third-order valence-corrected chi connectivity index (χ3v) is 4.83. The van der Waals surface area contributed by atoms with Gasteiger partial charge in [0.2, 0.25) is 0 Å². The first-order valence-electron chi connectivity index (χ1n) is 9.06. The summed E-state index contributed by atoms with van der Waals surface area (Å²) in [7, 11) is 0. The fourth-order valence-electron chi connectivity index (χ4n) is 3.37. The van der Waals surface area contributed by atoms with Crippen molar-refractivity contribution in [3.63, 3.8) is 0 Å². The van der Waals surface area contributed by atoms with Crippen LogP contribution in [0.4, 0.5) is 10.1 Å². The van der Waals surface area contributed by atoms with E-state index in [-0.39, 0.29) is 12.5 Å². The molecule has 2 aromatic heterocycles. The van der Waals surface area contributed by atoms with Gasteiger partial charge in [0, 0.05) is 22.6 Å². The number of benzene rings is 1. The quantitative estimate of drug-likeness (QED) is 0.465. The molecule has 0 saturated carbocycles. The lowest BCUT2D eigenvalue weighted by molar-refractivity contribution is -0.110. The van der Waals surface area contributed by atoms with E-state index in [2.05, 4.69) is 31.0 Å². The number of carbonyl (C=O) groups is 2. The van der Waals surface area contributed by atoms with Crippen LogP contribution in [0.2, 0.25) is 0 Å². The lowest BCUT2D eigenvalue weighted by Gasteiger charge is -2.10. The van der Waals surface area contributed by atoms with Crippen molar-refractivity contribution < 1.29 is 19.1 Å². The fraction of sp³-hybridized carbons (Fsp3) is 0.211. The predicted octanol–water partition coefficient (Wildman–Crippen LogP) is 1.17. The van der Waals surface area contributed by atoms with E-state index in [9.17, 15) is 19.1 Å². The van der Waals surface area contributed by atoms with Gasteiger partial charge in [0.05, 0.1) is 17.7 Å². The van der Waals surface area contributed by atoms with E-state index in [1.165, 1.54) is 24.5 Å². The van der Waals surface area contributed by atoms with Crippen LogP contribution in [0, 0.1) is 19.7 Å². The third-order valence-electron chi connectivity index (χ3n) is 4.83. The zero-order valence-electron chi connectivity index (χ0n) is 16.1. The summed E-state index contributed by atoms with van der Waals surface area (Å²) in [5.41, 5.74) is 3.43. The van der Waals surface area contributed by atoms with Gasteiger partial charge >= 0.3 is 0 Å². The van der Waals surface area contributed by atoms with Gasteiger partial charge in [0.15, 0.2) is 12.6 Å². The Bertz CT molecular complexity index is 1170. The minimum atomic E-state index is -1.16. The van der Waals surface area contributed by atoms with E-state index in [0.717, 1.165) is 4.80 Å². The summed E-state index contributed by atoms with van der Waals surface area (Å²) < 4.78 is 13.6. The molecule has 11 heteroatoms. The number of tetrazole rings is 1. The number of halogens is 1. The summed E-state index contributed by atoms with van der Waals surface area (Å²) in [4.78, 5) is 29.1. The van der Waals surface area contributed by atoms with Gasteiger partial charge in [-0.05, 0) is 48.9 Å². The molecule has 3 heterocycles. The topological polar surface area (TPSA) is 138 Å². The molecule has 3 aromatic rings. The molecule has 0 bridgehead atoms. The van der Waals surface area contributed by atoms with Crippen LogP contribution in [-0.4, -0.2) is 48.7 Å². The highest BCUT2D eigenvalue weighted by atomic mass is 19.1. The number of aromatic nitrogens is 5. The van der Waals surface area contributed by atoms with Crippen LogP contribution in [0.15, 0.2) is 24.5 Å². The first kappa shape index (κ1) is 19.5. The molecule has 1 aliphatic rings. The third kappa shape index (κ3) is 3.46. The molecule has 4 N–H and O–H groups in total. The molecular formula is C19H18FN7O3. The normalized spacial score (nSPS) is 15.2. The SMILES string of the molecule is Cc1[nH]c(C=C2C(=O)Nc3ccc(F)cc32)c(C)c1C(=O)NCC(O)n1ncnn1. The maximum Gasteiger partial charge on any atom is 0.256 e. The number of anilines is 1. The second-order valence-corrected chi connectivity index (χ2v) is 6.81. The Morgan fingerprint density at radius 3 is 2.93 bits per heavy atom. The number of aliphatic hydroxyl groups is 1. The Hall–Kier alpha value is -3.86. The van der Waals surface area contributed by atoms with Gasteiger partial charge in [-0.2, -0.15) is 0 Å². The smallest absolute Gasteiger partial charge is 0.256 e. The Morgan fingerprint density at radius 1 is 1.40 bits per heavy atom. The molecular weight excluding hydrogens is 393 g/mol. The van der Waals surface area contributed by atoms with Crippen molar-refractivity contribution in [1.82, 2.24) is 30.5 Å². The number of aryl methyl sites for hydroxylation is 1. The number of nitrogens with zero attached hydrogens (tertiary/aromatic N) is 4. The number of aliphatic hydroxyl groups excluding tert-OH is 1. The van der Waals surface area contributed by atoms with Crippen molar-refractivity contribution in [2.75, 3.05) is 11.9 Å². The Morgan fingerprint density at radius 2 is 2.20 bits per heavy atom. The molecule has 2 amide bonds. The summed E-state index contributed by atoms with van der Waals surface area (Å²) in [5, 5.41) is 26.1. The van der Waals surface area contributed by atoms with Gasteiger partial charge in [-0.15, -0.1) is 15.0 Å². The molecule has 1 atom stereocenters. The summed E-state index contributed by atoms with van der Waals surface area (Å²) in [5.74, 6) is -1.21. The largest absolute Gasteiger partial charge is 0.369 e. The van der Waals surface area contributed by atoms with Crippen molar-refractivity contribution in [3.8, 4) is 0 Å². The molecule has 4 rings (SSSR count). The minimum absolute atomic E-state index is 0.120. The van der Waals surface area contributed by atoms with Crippen LogP contribution < -0.4 is 10.6 Å². The van der Waals surface area contributed by atoms with E-state index in [1.54, 1.807) is 19.9 Å². The number of hydrogen-bond donors (Lipinski definition) is 4. The van der Waals surface area contributed by atoms with E-state index < -0.39 is 18.0 Å². The average molecular weight is 411 g/mol. The van der Waals surface area contributed by atoms with Gasteiger partial charge in [-0.25, -0.2) is 4.39 Å². The number of aromatic amines is 1. The summed E-state index contributed by atoms with van der Waals surface area (Å²) in [6.45, 7) is 3.34. The van der Waals surface area contributed by atoms with Gasteiger partial charge in [0.25, 0.3) is 11.8 Å². The highest BCUT2D eigenvalue weighted by Gasteiger charge is 2.26. The first-order chi connectivity index (χ1) is 14.3. The number of rotatable bonds is 5. The van der Waals surface area contributed by atoms with Crippen LogP contribution in [0.25, 0.3) is 11.6 Å². The molecule has 30 heavy (non-hydrogen) atoms. The number of amides is 2. The molecule has 154 valence electrons. The Kier molecular flexibility index (Phi) is 4.88. The highest BCUT2D eigenvalue weighted by molar-refractivity contribution is 6.34. The molecule has 0 fully saturated rings. The monoisotopic (exact) mass is 411 g/mol. The second-order valence-electron chi connectivity index (χ2n) is 6.81. The van der Waals surface area contributed by atoms with Crippen LogP contribution in [0.1, 0.15) is 39.1 Å². The lowest BCUT2D eigenvalue weighted by Crippen LogP contribution is -2.32. The van der Waals surface area contributed by atoms with Crippen LogP contribution in [0.3, 0.4) is 0 Å². The van der Waals surface area contributed by atoms with Crippen LogP contribution in [0.5, 0.6) is 0 Å². The summed E-state index contributed by atoms with van der Waals surface area (Å²) in [6.07, 6.45) is 1.61. The number of hydrogen-bond acceptors (Lipinski definition) is 6. The van der Waals surface area contributed by atoms with E-state index in [1.807, 2.05) is 0 Å². The van der Waals surface area contributed by atoms with Crippen LogP contribution >= 0.6 is 0 Å². The van der Waals surface area contributed by atoms with Gasteiger partial charge < -0.3 is 20.7 Å². The van der Waals surface area contributed by atoms with Gasteiger partial charge in [-0.1, -0.05) is 0 Å². The summed E-state index contributed by atoms with van der Waals surface area (Å²) in [6, 6.07) is 4.07. The molecule has 1 unspecified atom stereocenters. The number of nitrogens with one attached hydrogen (secondary N) is 3. The standard InChI is InChI=1S/C19H18FN7O3/c1-9-15(6-13-12-5-11(20)3-4-14(12)25-18(13)29)24-10(2)17(9)19(30)21-7-16(28)27-23-8-22-26-27/h3-6,8,16,24,28H,7H2,1-2H3,(H,21,30)(H,25,29).